The maximum absolute atomic E-state index is 11.7. The lowest BCUT2D eigenvalue weighted by molar-refractivity contribution is -0.140. The van der Waals surface area contributed by atoms with E-state index < -0.39 is 18.0 Å². The van der Waals surface area contributed by atoms with Crippen LogP contribution in [0.1, 0.15) is 46.0 Å². The van der Waals surface area contributed by atoms with Gasteiger partial charge in [-0.05, 0) is 31.6 Å². The van der Waals surface area contributed by atoms with E-state index in [1.807, 2.05) is 13.8 Å². The molecule has 1 heterocycles. The highest BCUT2D eigenvalue weighted by Crippen LogP contribution is 2.14. The van der Waals surface area contributed by atoms with Gasteiger partial charge in [-0.25, -0.2) is 9.59 Å². The van der Waals surface area contributed by atoms with Gasteiger partial charge in [0.05, 0.1) is 6.10 Å². The molecule has 0 aromatic heterocycles. The van der Waals surface area contributed by atoms with Crippen LogP contribution in [0.2, 0.25) is 0 Å². The molecule has 0 aromatic rings. The number of aliphatic carboxylic acids is 1. The fraction of sp³-hybridized carbons (Fsp3) is 0.857. The second-order valence-electron chi connectivity index (χ2n) is 5.38. The molecule has 6 nitrogen and oxygen atoms in total. The molecule has 0 aromatic carbocycles. The first-order valence-electron chi connectivity index (χ1n) is 7.43. The average Bonchev–Trinajstić information content (AvgIpc) is 2.45. The maximum Gasteiger partial charge on any atom is 0.326 e. The largest absolute Gasteiger partial charge is 0.480 e. The van der Waals surface area contributed by atoms with Gasteiger partial charge in [-0.15, -0.1) is 0 Å². The number of hydrogen-bond donors (Lipinski definition) is 3. The fourth-order valence-corrected chi connectivity index (χ4v) is 2.26. The number of nitrogens with one attached hydrogen (secondary N) is 2. The molecule has 0 bridgehead atoms. The van der Waals surface area contributed by atoms with Crippen LogP contribution >= 0.6 is 0 Å². The van der Waals surface area contributed by atoms with Crippen molar-refractivity contribution in [1.29, 1.82) is 0 Å². The third-order valence-corrected chi connectivity index (χ3v) is 3.79. The monoisotopic (exact) mass is 286 g/mol. The van der Waals surface area contributed by atoms with E-state index in [2.05, 4.69) is 10.6 Å². The number of carboxylic acid groups (broad SMARTS) is 1. The number of carboxylic acids is 1. The summed E-state index contributed by atoms with van der Waals surface area (Å²) in [5, 5.41) is 14.3. The molecule has 1 fully saturated rings. The zero-order valence-electron chi connectivity index (χ0n) is 12.4. The molecule has 1 aliphatic rings. The standard InChI is InChI=1S/C14H26N2O4/c1-3-10(2)12(13(17)18)16-14(19)15-8-7-11-6-4-5-9-20-11/h10-12H,3-9H2,1-2H3,(H,17,18)(H2,15,16,19). The molecule has 1 rings (SSSR count). The van der Waals surface area contributed by atoms with Gasteiger partial charge in [0.25, 0.3) is 0 Å². The third-order valence-electron chi connectivity index (χ3n) is 3.79. The highest BCUT2D eigenvalue weighted by molar-refractivity contribution is 5.82. The van der Waals surface area contributed by atoms with Crippen LogP contribution in [0.25, 0.3) is 0 Å². The first-order valence-corrected chi connectivity index (χ1v) is 7.43. The number of carbonyl (C=O) groups excluding carboxylic acids is 1. The summed E-state index contributed by atoms with van der Waals surface area (Å²) in [7, 11) is 0. The molecule has 0 spiro atoms. The van der Waals surface area contributed by atoms with E-state index in [1.165, 1.54) is 6.42 Å². The Kier molecular flexibility index (Phi) is 7.36. The molecule has 0 radical (unpaired) electrons. The lowest BCUT2D eigenvalue weighted by atomic mass is 9.99. The topological polar surface area (TPSA) is 87.7 Å². The van der Waals surface area contributed by atoms with Crippen LogP contribution in [-0.2, 0) is 9.53 Å². The molecule has 3 N–H and O–H groups in total. The molecule has 3 unspecified atom stereocenters. The van der Waals surface area contributed by atoms with Crippen molar-refractivity contribution in [2.75, 3.05) is 13.2 Å². The van der Waals surface area contributed by atoms with E-state index in [9.17, 15) is 9.59 Å². The van der Waals surface area contributed by atoms with Gasteiger partial charge < -0.3 is 20.5 Å². The third kappa shape index (κ3) is 5.77. The summed E-state index contributed by atoms with van der Waals surface area (Å²) < 4.78 is 5.57. The smallest absolute Gasteiger partial charge is 0.326 e. The number of amides is 2. The molecule has 0 saturated carbocycles. The Labute approximate surface area is 120 Å². The molecule has 2 amide bonds. The Hall–Kier alpha value is -1.30. The molecule has 1 aliphatic heterocycles. The van der Waals surface area contributed by atoms with Crippen LogP contribution in [0.5, 0.6) is 0 Å². The van der Waals surface area contributed by atoms with Gasteiger partial charge in [-0.2, -0.15) is 0 Å². The summed E-state index contributed by atoms with van der Waals surface area (Å²) in [4.78, 5) is 22.8. The van der Waals surface area contributed by atoms with Crippen molar-refractivity contribution < 1.29 is 19.4 Å². The highest BCUT2D eigenvalue weighted by atomic mass is 16.5. The van der Waals surface area contributed by atoms with Crippen LogP contribution in [0.4, 0.5) is 4.79 Å². The zero-order chi connectivity index (χ0) is 15.0. The van der Waals surface area contributed by atoms with E-state index in [-0.39, 0.29) is 12.0 Å². The molecule has 6 heteroatoms. The molecule has 3 atom stereocenters. The predicted octanol–water partition coefficient (Wildman–Crippen LogP) is 1.74. The Morgan fingerprint density at radius 3 is 2.70 bits per heavy atom. The van der Waals surface area contributed by atoms with Gasteiger partial charge in [-0.1, -0.05) is 20.3 Å². The molecule has 20 heavy (non-hydrogen) atoms. The number of rotatable bonds is 7. The molecule has 116 valence electrons. The normalized spacial score (nSPS) is 21.8. The SMILES string of the molecule is CCC(C)C(NC(=O)NCCC1CCCCO1)C(=O)O. The van der Waals surface area contributed by atoms with Crippen molar-refractivity contribution in [3.05, 3.63) is 0 Å². The van der Waals surface area contributed by atoms with Crippen molar-refractivity contribution in [2.45, 2.75) is 58.1 Å². The lowest BCUT2D eigenvalue weighted by Crippen LogP contribution is -2.49. The van der Waals surface area contributed by atoms with Crippen molar-refractivity contribution in [3.8, 4) is 0 Å². The number of urea groups is 1. The minimum atomic E-state index is -0.995. The summed E-state index contributed by atoms with van der Waals surface area (Å²) in [6, 6.07) is -1.26. The Morgan fingerprint density at radius 2 is 2.15 bits per heavy atom. The minimum absolute atomic E-state index is 0.0973. The van der Waals surface area contributed by atoms with Crippen LogP contribution < -0.4 is 10.6 Å². The summed E-state index contributed by atoms with van der Waals surface area (Å²) in [6.07, 6.45) is 5.01. The van der Waals surface area contributed by atoms with E-state index in [4.69, 9.17) is 9.84 Å². The molecular formula is C14H26N2O4. The number of carbonyl (C=O) groups is 2. The lowest BCUT2D eigenvalue weighted by Gasteiger charge is -2.23. The van der Waals surface area contributed by atoms with Crippen LogP contribution in [-0.4, -0.2) is 42.4 Å². The quantitative estimate of drug-likeness (QED) is 0.665. The van der Waals surface area contributed by atoms with Crippen molar-refractivity contribution in [1.82, 2.24) is 10.6 Å². The van der Waals surface area contributed by atoms with Gasteiger partial charge in [0.2, 0.25) is 0 Å². The van der Waals surface area contributed by atoms with Gasteiger partial charge in [0.15, 0.2) is 0 Å². The maximum atomic E-state index is 11.7. The first kappa shape index (κ1) is 16.8. The zero-order valence-corrected chi connectivity index (χ0v) is 12.4. The predicted molar refractivity (Wildman–Crippen MR) is 75.6 cm³/mol. The van der Waals surface area contributed by atoms with Gasteiger partial charge in [0, 0.05) is 13.2 Å². The van der Waals surface area contributed by atoms with E-state index >= 15 is 0 Å². The summed E-state index contributed by atoms with van der Waals surface area (Å²) >= 11 is 0. The molecule has 0 aliphatic carbocycles. The van der Waals surface area contributed by atoms with Gasteiger partial charge in [-0.3, -0.25) is 0 Å². The second kappa shape index (κ2) is 8.79. The Morgan fingerprint density at radius 1 is 1.40 bits per heavy atom. The number of hydrogen-bond acceptors (Lipinski definition) is 3. The molecule has 1 saturated heterocycles. The molecular weight excluding hydrogens is 260 g/mol. The average molecular weight is 286 g/mol. The van der Waals surface area contributed by atoms with Crippen LogP contribution in [0.15, 0.2) is 0 Å². The van der Waals surface area contributed by atoms with Crippen molar-refractivity contribution in [3.63, 3.8) is 0 Å². The minimum Gasteiger partial charge on any atom is -0.480 e. The van der Waals surface area contributed by atoms with Gasteiger partial charge >= 0.3 is 12.0 Å². The summed E-state index contributed by atoms with van der Waals surface area (Å²) in [6.45, 7) is 5.02. The Bertz CT molecular complexity index is 316. The van der Waals surface area contributed by atoms with E-state index in [1.54, 1.807) is 0 Å². The van der Waals surface area contributed by atoms with Gasteiger partial charge in [0.1, 0.15) is 6.04 Å². The van der Waals surface area contributed by atoms with E-state index in [0.717, 1.165) is 25.9 Å². The van der Waals surface area contributed by atoms with Crippen LogP contribution in [0.3, 0.4) is 0 Å². The Balaban J connectivity index is 2.25. The summed E-state index contributed by atoms with van der Waals surface area (Å²) in [5.74, 6) is -1.09. The van der Waals surface area contributed by atoms with E-state index in [0.29, 0.717) is 13.0 Å². The summed E-state index contributed by atoms with van der Waals surface area (Å²) in [5.41, 5.74) is 0. The fourth-order valence-electron chi connectivity index (χ4n) is 2.26. The van der Waals surface area contributed by atoms with Crippen molar-refractivity contribution >= 4 is 12.0 Å². The highest BCUT2D eigenvalue weighted by Gasteiger charge is 2.25. The second-order valence-corrected chi connectivity index (χ2v) is 5.38. The van der Waals surface area contributed by atoms with Crippen molar-refractivity contribution in [2.24, 2.45) is 5.92 Å². The van der Waals surface area contributed by atoms with Crippen LogP contribution in [0, 0.1) is 5.92 Å². The number of ether oxygens (including phenoxy) is 1. The first-order chi connectivity index (χ1) is 9.54.